The Morgan fingerprint density at radius 1 is 1.24 bits per heavy atom. The Balaban J connectivity index is 2.17. The van der Waals surface area contributed by atoms with Gasteiger partial charge in [0.15, 0.2) is 11.5 Å². The molecule has 114 valence electrons. The summed E-state index contributed by atoms with van der Waals surface area (Å²) in [5.41, 5.74) is -1.10. The number of rotatable bonds is 2. The van der Waals surface area contributed by atoms with E-state index in [4.69, 9.17) is 21.1 Å². The van der Waals surface area contributed by atoms with Crippen LogP contribution in [0.5, 0.6) is 11.5 Å². The molecule has 0 bridgehead atoms. The van der Waals surface area contributed by atoms with E-state index in [1.54, 1.807) is 0 Å². The van der Waals surface area contributed by atoms with E-state index < -0.39 is 17.2 Å². The number of carboxylic acid groups (broad SMARTS) is 1. The number of benzene rings is 1. The van der Waals surface area contributed by atoms with Crippen LogP contribution in [0, 0.1) is 5.82 Å². The van der Waals surface area contributed by atoms with Gasteiger partial charge in [-0.25, -0.2) is 4.39 Å². The summed E-state index contributed by atoms with van der Waals surface area (Å²) in [5.74, 6) is -1.20. The highest BCUT2D eigenvalue weighted by molar-refractivity contribution is 6.32. The van der Waals surface area contributed by atoms with Gasteiger partial charge in [-0.2, -0.15) is 0 Å². The minimum atomic E-state index is -1.21. The molecule has 3 rings (SSSR count). The number of carboxylic acids is 1. The molecule has 21 heavy (non-hydrogen) atoms. The Labute approximate surface area is 126 Å². The maximum Gasteiger partial charge on any atom is 0.314 e. The van der Waals surface area contributed by atoms with E-state index in [9.17, 15) is 14.3 Å². The van der Waals surface area contributed by atoms with Gasteiger partial charge >= 0.3 is 5.97 Å². The van der Waals surface area contributed by atoms with Crippen molar-refractivity contribution in [3.63, 3.8) is 0 Å². The van der Waals surface area contributed by atoms with Crippen molar-refractivity contribution in [1.29, 1.82) is 0 Å². The molecule has 2 aliphatic rings. The molecular weight excluding hydrogens is 299 g/mol. The van der Waals surface area contributed by atoms with E-state index in [2.05, 4.69) is 0 Å². The van der Waals surface area contributed by atoms with Crippen LogP contribution in [-0.4, -0.2) is 24.3 Å². The average Bonchev–Trinajstić information content (AvgIpc) is 2.84. The minimum absolute atomic E-state index is 0.113. The van der Waals surface area contributed by atoms with Gasteiger partial charge in [-0.15, -0.1) is 0 Å². The second-order valence-electron chi connectivity index (χ2n) is 5.52. The first-order chi connectivity index (χ1) is 10.1. The molecule has 1 aromatic carbocycles. The van der Waals surface area contributed by atoms with Crippen molar-refractivity contribution in [2.75, 3.05) is 13.2 Å². The molecule has 0 radical (unpaired) electrons. The second kappa shape index (κ2) is 5.37. The van der Waals surface area contributed by atoms with Gasteiger partial charge in [-0.3, -0.25) is 4.79 Å². The highest BCUT2D eigenvalue weighted by Gasteiger charge is 2.46. The fraction of sp³-hybridized carbons (Fsp3) is 0.533. The van der Waals surface area contributed by atoms with Crippen molar-refractivity contribution in [3.8, 4) is 11.5 Å². The summed E-state index contributed by atoms with van der Waals surface area (Å²) in [7, 11) is 0. The van der Waals surface area contributed by atoms with Crippen LogP contribution in [-0.2, 0) is 10.2 Å². The number of hydrogen-bond acceptors (Lipinski definition) is 3. The van der Waals surface area contributed by atoms with Gasteiger partial charge in [0, 0.05) is 12.0 Å². The Hall–Kier alpha value is -1.49. The summed E-state index contributed by atoms with van der Waals surface area (Å²) in [5, 5.41) is 9.43. The average molecular weight is 315 g/mol. The first-order valence-electron chi connectivity index (χ1n) is 7.08. The van der Waals surface area contributed by atoms with Crippen LogP contribution < -0.4 is 9.47 Å². The molecule has 1 fully saturated rings. The van der Waals surface area contributed by atoms with Gasteiger partial charge < -0.3 is 14.6 Å². The van der Waals surface area contributed by atoms with Crippen LogP contribution in [0.1, 0.15) is 37.7 Å². The van der Waals surface area contributed by atoms with Crippen molar-refractivity contribution in [3.05, 3.63) is 22.5 Å². The minimum Gasteiger partial charge on any atom is -0.489 e. The lowest BCUT2D eigenvalue weighted by molar-refractivity contribution is -0.143. The van der Waals surface area contributed by atoms with E-state index in [1.807, 2.05) is 0 Å². The van der Waals surface area contributed by atoms with Crippen LogP contribution >= 0.6 is 11.6 Å². The van der Waals surface area contributed by atoms with Gasteiger partial charge in [0.05, 0.1) is 18.6 Å². The van der Waals surface area contributed by atoms with Gasteiger partial charge in [0.1, 0.15) is 10.8 Å². The number of aliphatic carboxylic acids is 1. The predicted octanol–water partition coefficient (Wildman–Crippen LogP) is 3.54. The van der Waals surface area contributed by atoms with Crippen molar-refractivity contribution < 1.29 is 23.8 Å². The molecule has 0 aromatic heterocycles. The number of fused-ring (bicyclic) bond motifs is 1. The number of carbonyl (C=O) groups is 1. The van der Waals surface area contributed by atoms with Gasteiger partial charge in [0.2, 0.25) is 0 Å². The molecule has 1 aliphatic carbocycles. The molecule has 1 heterocycles. The summed E-state index contributed by atoms with van der Waals surface area (Å²) in [4.78, 5) is 11.7. The zero-order chi connectivity index (χ0) is 15.0. The standard InChI is InChI=1S/C15H16ClFO4/c16-11-12(17)9(15(14(18)19)4-1-2-5-15)8-10-13(11)21-7-3-6-20-10/h8H,1-7H2,(H,18,19). The van der Waals surface area contributed by atoms with Crippen molar-refractivity contribution in [2.45, 2.75) is 37.5 Å². The molecule has 6 heteroatoms. The van der Waals surface area contributed by atoms with E-state index in [0.29, 0.717) is 38.2 Å². The lowest BCUT2D eigenvalue weighted by Gasteiger charge is -2.26. The fourth-order valence-corrected chi connectivity index (χ4v) is 3.42. The molecule has 0 saturated heterocycles. The molecule has 0 spiro atoms. The third-order valence-electron chi connectivity index (χ3n) is 4.30. The molecule has 0 atom stereocenters. The molecule has 1 aromatic rings. The highest BCUT2D eigenvalue weighted by atomic mass is 35.5. The predicted molar refractivity (Wildman–Crippen MR) is 74.8 cm³/mol. The molecule has 0 amide bonds. The fourth-order valence-electron chi connectivity index (χ4n) is 3.17. The smallest absolute Gasteiger partial charge is 0.314 e. The summed E-state index contributed by atoms with van der Waals surface area (Å²) in [6, 6.07) is 1.46. The maximum atomic E-state index is 14.6. The van der Waals surface area contributed by atoms with E-state index >= 15 is 0 Å². The first-order valence-corrected chi connectivity index (χ1v) is 7.45. The largest absolute Gasteiger partial charge is 0.489 e. The Bertz CT molecular complexity index is 582. The topological polar surface area (TPSA) is 55.8 Å². The molecule has 4 nitrogen and oxygen atoms in total. The SMILES string of the molecule is O=C(O)C1(c2cc3c(c(Cl)c2F)OCCCO3)CCCC1. The van der Waals surface area contributed by atoms with E-state index in [1.165, 1.54) is 6.07 Å². The Morgan fingerprint density at radius 2 is 1.90 bits per heavy atom. The van der Waals surface area contributed by atoms with Crippen LogP contribution in [0.25, 0.3) is 0 Å². The van der Waals surface area contributed by atoms with E-state index in [0.717, 1.165) is 12.8 Å². The van der Waals surface area contributed by atoms with Gasteiger partial charge in [0.25, 0.3) is 0 Å². The van der Waals surface area contributed by atoms with E-state index in [-0.39, 0.29) is 16.3 Å². The highest BCUT2D eigenvalue weighted by Crippen LogP contribution is 2.48. The normalized spacial score (nSPS) is 20.1. The summed E-state index contributed by atoms with van der Waals surface area (Å²) in [6.45, 7) is 0.837. The Kier molecular flexibility index (Phi) is 3.69. The second-order valence-corrected chi connectivity index (χ2v) is 5.90. The maximum absolute atomic E-state index is 14.6. The lowest BCUT2D eigenvalue weighted by atomic mass is 9.78. The zero-order valence-corrected chi connectivity index (χ0v) is 12.2. The molecular formula is C15H16ClFO4. The van der Waals surface area contributed by atoms with Crippen LogP contribution in [0.3, 0.4) is 0 Å². The first kappa shape index (κ1) is 14.4. The Morgan fingerprint density at radius 3 is 2.57 bits per heavy atom. The number of ether oxygens (including phenoxy) is 2. The van der Waals surface area contributed by atoms with Gasteiger partial charge in [-0.05, 0) is 18.9 Å². The quantitative estimate of drug-likeness (QED) is 0.907. The van der Waals surface area contributed by atoms with Gasteiger partial charge in [-0.1, -0.05) is 24.4 Å². The molecule has 0 unspecified atom stereocenters. The van der Waals surface area contributed by atoms with Crippen LogP contribution in [0.2, 0.25) is 5.02 Å². The van der Waals surface area contributed by atoms with Crippen molar-refractivity contribution >= 4 is 17.6 Å². The van der Waals surface area contributed by atoms with Crippen LogP contribution in [0.15, 0.2) is 6.07 Å². The molecule has 1 aliphatic heterocycles. The third-order valence-corrected chi connectivity index (χ3v) is 4.64. The summed E-state index contributed by atoms with van der Waals surface area (Å²) in [6.07, 6.45) is 3.02. The van der Waals surface area contributed by atoms with Crippen molar-refractivity contribution in [1.82, 2.24) is 0 Å². The van der Waals surface area contributed by atoms with Crippen LogP contribution in [0.4, 0.5) is 4.39 Å². The van der Waals surface area contributed by atoms with Crippen molar-refractivity contribution in [2.24, 2.45) is 0 Å². The lowest BCUT2D eigenvalue weighted by Crippen LogP contribution is -2.33. The zero-order valence-electron chi connectivity index (χ0n) is 11.5. The molecule has 1 N–H and O–H groups in total. The summed E-state index contributed by atoms with van der Waals surface area (Å²) < 4.78 is 25.6. The number of hydrogen-bond donors (Lipinski definition) is 1. The summed E-state index contributed by atoms with van der Waals surface area (Å²) >= 11 is 6.06. The third kappa shape index (κ3) is 2.24. The monoisotopic (exact) mass is 314 g/mol. The number of halogens is 2. The molecule has 1 saturated carbocycles.